The van der Waals surface area contributed by atoms with Gasteiger partial charge in [0.05, 0.1) is 6.61 Å². The minimum Gasteiger partial charge on any atom is -0.494 e. The van der Waals surface area contributed by atoms with Crippen LogP contribution in [0.25, 0.3) is 0 Å². The zero-order valence-corrected chi connectivity index (χ0v) is 14.7. The Labute approximate surface area is 144 Å². The highest BCUT2D eigenvalue weighted by atomic mass is 35.5. The van der Waals surface area contributed by atoms with Crippen molar-refractivity contribution >= 4 is 18.3 Å². The van der Waals surface area contributed by atoms with Gasteiger partial charge in [-0.05, 0) is 50.0 Å². The van der Waals surface area contributed by atoms with Crippen LogP contribution in [0, 0.1) is 0 Å². The van der Waals surface area contributed by atoms with Gasteiger partial charge >= 0.3 is 0 Å². The van der Waals surface area contributed by atoms with Crippen molar-refractivity contribution in [2.45, 2.75) is 38.3 Å². The van der Waals surface area contributed by atoms with Crippen LogP contribution in [0.15, 0.2) is 24.3 Å². The lowest BCUT2D eigenvalue weighted by Gasteiger charge is -2.34. The number of hydrogen-bond acceptors (Lipinski definition) is 4. The van der Waals surface area contributed by atoms with E-state index in [9.17, 15) is 4.79 Å². The van der Waals surface area contributed by atoms with E-state index in [0.717, 1.165) is 37.4 Å². The van der Waals surface area contributed by atoms with E-state index < -0.39 is 5.60 Å². The molecule has 1 amide bonds. The Hall–Kier alpha value is -1.30. The van der Waals surface area contributed by atoms with Gasteiger partial charge in [0.2, 0.25) is 0 Å². The molecule has 1 aliphatic rings. The molecule has 5 nitrogen and oxygen atoms in total. The third kappa shape index (κ3) is 5.37. The lowest BCUT2D eigenvalue weighted by Crippen LogP contribution is -2.53. The molecule has 6 heteroatoms. The number of methoxy groups -OCH3 is 1. The van der Waals surface area contributed by atoms with Crippen LogP contribution in [-0.4, -0.2) is 38.3 Å². The first-order valence-electron chi connectivity index (χ1n) is 7.96. The van der Waals surface area contributed by atoms with Crippen LogP contribution in [-0.2, 0) is 16.1 Å². The number of benzene rings is 1. The van der Waals surface area contributed by atoms with Crippen LogP contribution in [0.1, 0.15) is 31.7 Å². The number of rotatable bonds is 7. The van der Waals surface area contributed by atoms with Crippen LogP contribution in [0.3, 0.4) is 0 Å². The zero-order valence-electron chi connectivity index (χ0n) is 13.9. The number of nitrogens with one attached hydrogen (secondary N) is 2. The average Bonchev–Trinajstić information content (AvgIpc) is 2.59. The standard InChI is InChI=1S/C17H26N2O3.ClH/c1-3-12-22-15-6-4-14(5-7-15)13-19-16(20)17(21-2)8-10-18-11-9-17;/h4-7,18H,3,8-13H2,1-2H3,(H,19,20);1H. The van der Waals surface area contributed by atoms with Crippen molar-refractivity contribution in [3.05, 3.63) is 29.8 Å². The van der Waals surface area contributed by atoms with E-state index in [4.69, 9.17) is 9.47 Å². The molecule has 23 heavy (non-hydrogen) atoms. The summed E-state index contributed by atoms with van der Waals surface area (Å²) in [6.07, 6.45) is 2.41. The van der Waals surface area contributed by atoms with E-state index in [1.54, 1.807) is 7.11 Å². The van der Waals surface area contributed by atoms with Gasteiger partial charge in [-0.25, -0.2) is 0 Å². The molecule has 1 heterocycles. The van der Waals surface area contributed by atoms with Crippen molar-refractivity contribution in [1.82, 2.24) is 10.6 Å². The SMILES string of the molecule is CCCOc1ccc(CNC(=O)C2(OC)CCNCC2)cc1.Cl. The molecule has 0 aromatic heterocycles. The molecule has 1 fully saturated rings. The Morgan fingerprint density at radius 1 is 1.26 bits per heavy atom. The number of amides is 1. The second-order valence-corrected chi connectivity index (χ2v) is 5.62. The van der Waals surface area contributed by atoms with E-state index in [2.05, 4.69) is 17.6 Å². The molecule has 2 rings (SSSR count). The number of piperidine rings is 1. The predicted octanol–water partition coefficient (Wildman–Crippen LogP) is 2.28. The van der Waals surface area contributed by atoms with Crippen molar-refractivity contribution in [2.24, 2.45) is 0 Å². The highest BCUT2D eigenvalue weighted by molar-refractivity contribution is 5.85. The van der Waals surface area contributed by atoms with Gasteiger partial charge in [-0.1, -0.05) is 19.1 Å². The van der Waals surface area contributed by atoms with Gasteiger partial charge < -0.3 is 20.1 Å². The van der Waals surface area contributed by atoms with Gasteiger partial charge in [0, 0.05) is 13.7 Å². The number of carbonyl (C=O) groups excluding carboxylic acids is 1. The number of halogens is 1. The van der Waals surface area contributed by atoms with E-state index >= 15 is 0 Å². The van der Waals surface area contributed by atoms with Gasteiger partial charge in [0.25, 0.3) is 5.91 Å². The Kier molecular flexibility index (Phi) is 8.37. The highest BCUT2D eigenvalue weighted by Gasteiger charge is 2.39. The van der Waals surface area contributed by atoms with Crippen LogP contribution in [0.4, 0.5) is 0 Å². The van der Waals surface area contributed by atoms with E-state index in [-0.39, 0.29) is 18.3 Å². The molecule has 1 aliphatic heterocycles. The van der Waals surface area contributed by atoms with Crippen LogP contribution < -0.4 is 15.4 Å². The molecule has 0 atom stereocenters. The summed E-state index contributed by atoms with van der Waals surface area (Å²) in [5, 5.41) is 6.24. The first-order chi connectivity index (χ1) is 10.7. The first kappa shape index (κ1) is 19.7. The van der Waals surface area contributed by atoms with Crippen LogP contribution in [0.5, 0.6) is 5.75 Å². The maximum atomic E-state index is 12.4. The Bertz CT molecular complexity index is 473. The molecule has 0 unspecified atom stereocenters. The summed E-state index contributed by atoms with van der Waals surface area (Å²) in [6, 6.07) is 7.84. The molecule has 1 aromatic rings. The number of hydrogen-bond donors (Lipinski definition) is 2. The van der Waals surface area contributed by atoms with E-state index in [1.807, 2.05) is 24.3 Å². The molecule has 0 radical (unpaired) electrons. The van der Waals surface area contributed by atoms with Gasteiger partial charge in [0.1, 0.15) is 11.4 Å². The van der Waals surface area contributed by atoms with Gasteiger partial charge in [-0.3, -0.25) is 4.79 Å². The van der Waals surface area contributed by atoms with Crippen LogP contribution >= 0.6 is 12.4 Å². The fourth-order valence-corrected chi connectivity index (χ4v) is 2.62. The first-order valence-corrected chi connectivity index (χ1v) is 7.96. The Morgan fingerprint density at radius 3 is 2.48 bits per heavy atom. The minimum absolute atomic E-state index is 0. The second-order valence-electron chi connectivity index (χ2n) is 5.62. The lowest BCUT2D eigenvalue weighted by atomic mass is 9.91. The molecule has 0 spiro atoms. The molecule has 1 aromatic carbocycles. The Morgan fingerprint density at radius 2 is 1.91 bits per heavy atom. The van der Waals surface area contributed by atoms with Gasteiger partial charge in [0.15, 0.2) is 0 Å². The molecule has 0 bridgehead atoms. The summed E-state index contributed by atoms with van der Waals surface area (Å²) >= 11 is 0. The molecular formula is C17H27ClN2O3. The molecule has 130 valence electrons. The normalized spacial score (nSPS) is 16.3. The lowest BCUT2D eigenvalue weighted by molar-refractivity contribution is -0.146. The van der Waals surface area contributed by atoms with E-state index in [1.165, 1.54) is 0 Å². The largest absolute Gasteiger partial charge is 0.494 e. The summed E-state index contributed by atoms with van der Waals surface area (Å²) in [5.74, 6) is 0.839. The third-order valence-corrected chi connectivity index (χ3v) is 4.07. The van der Waals surface area contributed by atoms with Crippen molar-refractivity contribution in [1.29, 1.82) is 0 Å². The zero-order chi connectivity index (χ0) is 15.8. The fourth-order valence-electron chi connectivity index (χ4n) is 2.62. The molecule has 2 N–H and O–H groups in total. The molecular weight excluding hydrogens is 316 g/mol. The summed E-state index contributed by atoms with van der Waals surface area (Å²) in [4.78, 5) is 12.4. The maximum absolute atomic E-state index is 12.4. The van der Waals surface area contributed by atoms with Crippen molar-refractivity contribution in [2.75, 3.05) is 26.8 Å². The summed E-state index contributed by atoms with van der Waals surface area (Å²) in [7, 11) is 1.62. The second kappa shape index (κ2) is 9.75. The summed E-state index contributed by atoms with van der Waals surface area (Å²) in [6.45, 7) is 4.93. The third-order valence-electron chi connectivity index (χ3n) is 4.07. The Balaban J connectivity index is 0.00000264. The minimum atomic E-state index is -0.685. The fraction of sp³-hybridized carbons (Fsp3) is 0.588. The number of carbonyl (C=O) groups is 1. The summed E-state index contributed by atoms with van der Waals surface area (Å²) < 4.78 is 11.1. The van der Waals surface area contributed by atoms with Crippen molar-refractivity contribution in [3.8, 4) is 5.75 Å². The van der Waals surface area contributed by atoms with Crippen LogP contribution in [0.2, 0.25) is 0 Å². The smallest absolute Gasteiger partial charge is 0.252 e. The van der Waals surface area contributed by atoms with Gasteiger partial charge in [-0.15, -0.1) is 12.4 Å². The van der Waals surface area contributed by atoms with Crippen molar-refractivity contribution in [3.63, 3.8) is 0 Å². The molecule has 0 saturated carbocycles. The quantitative estimate of drug-likeness (QED) is 0.798. The highest BCUT2D eigenvalue weighted by Crippen LogP contribution is 2.22. The maximum Gasteiger partial charge on any atom is 0.252 e. The topological polar surface area (TPSA) is 59.6 Å². The molecule has 0 aliphatic carbocycles. The average molecular weight is 343 g/mol. The van der Waals surface area contributed by atoms with E-state index in [0.29, 0.717) is 19.4 Å². The number of ether oxygens (including phenoxy) is 2. The van der Waals surface area contributed by atoms with Gasteiger partial charge in [-0.2, -0.15) is 0 Å². The van der Waals surface area contributed by atoms with Crippen molar-refractivity contribution < 1.29 is 14.3 Å². The predicted molar refractivity (Wildman–Crippen MR) is 93.2 cm³/mol. The summed E-state index contributed by atoms with van der Waals surface area (Å²) in [5.41, 5.74) is 0.368. The molecule has 1 saturated heterocycles. The monoisotopic (exact) mass is 342 g/mol.